The molecule has 0 atom stereocenters. The fourth-order valence-electron chi connectivity index (χ4n) is 4.03. The number of amides is 1. The van der Waals surface area contributed by atoms with Crippen LogP contribution in [0.15, 0.2) is 78.9 Å². The van der Waals surface area contributed by atoms with E-state index in [1.807, 2.05) is 65.6 Å². The first-order chi connectivity index (χ1) is 13.8. The van der Waals surface area contributed by atoms with Crippen LogP contribution < -0.4 is 4.90 Å². The highest BCUT2D eigenvalue weighted by Gasteiger charge is 2.25. The fraction of sp³-hybridized carbons (Fsp3) is 0.167. The van der Waals surface area contributed by atoms with Gasteiger partial charge in [0.05, 0.1) is 11.0 Å². The van der Waals surface area contributed by atoms with Crippen molar-refractivity contribution >= 4 is 22.6 Å². The summed E-state index contributed by atoms with van der Waals surface area (Å²) in [5.74, 6) is 1.04. The smallest absolute Gasteiger partial charge is 0.247 e. The number of carbonyl (C=O) groups is 1. The second kappa shape index (κ2) is 6.97. The molecule has 4 nitrogen and oxygen atoms in total. The topological polar surface area (TPSA) is 38.1 Å². The van der Waals surface area contributed by atoms with Crippen molar-refractivity contribution in [2.45, 2.75) is 19.4 Å². The van der Waals surface area contributed by atoms with Gasteiger partial charge in [-0.2, -0.15) is 0 Å². The maximum atomic E-state index is 13.2. The number of rotatable bonds is 4. The van der Waals surface area contributed by atoms with Gasteiger partial charge in [-0.1, -0.05) is 60.7 Å². The second-order valence-corrected chi connectivity index (χ2v) is 7.19. The van der Waals surface area contributed by atoms with E-state index in [2.05, 4.69) is 22.8 Å². The van der Waals surface area contributed by atoms with Gasteiger partial charge in [0, 0.05) is 18.7 Å². The Bertz CT molecular complexity index is 1150. The van der Waals surface area contributed by atoms with Crippen LogP contribution in [0.5, 0.6) is 0 Å². The molecule has 0 N–H and O–H groups in total. The SMILES string of the molecule is O=C(Cn1c(Cc2ccccc2)nc2ccccc21)N1CCc2ccccc21. The van der Waals surface area contributed by atoms with Gasteiger partial charge >= 0.3 is 0 Å². The molecular formula is C24H21N3O. The van der Waals surface area contributed by atoms with Crippen molar-refractivity contribution in [1.29, 1.82) is 0 Å². The standard InChI is InChI=1S/C24H21N3O/c28-24(26-15-14-19-10-4-6-12-21(19)26)17-27-22-13-7-5-11-20(22)25-23(27)16-18-8-2-1-3-9-18/h1-13H,14-17H2. The molecule has 0 radical (unpaired) electrons. The number of hydrogen-bond acceptors (Lipinski definition) is 2. The average Bonchev–Trinajstić information content (AvgIpc) is 3.31. The van der Waals surface area contributed by atoms with Gasteiger partial charge in [-0.3, -0.25) is 4.79 Å². The lowest BCUT2D eigenvalue weighted by Gasteiger charge is -2.19. The minimum absolute atomic E-state index is 0.113. The van der Waals surface area contributed by atoms with Crippen LogP contribution in [0.2, 0.25) is 0 Å². The molecule has 2 heterocycles. The molecule has 1 aromatic heterocycles. The summed E-state index contributed by atoms with van der Waals surface area (Å²) in [6.07, 6.45) is 1.63. The Morgan fingerprint density at radius 3 is 2.54 bits per heavy atom. The Balaban J connectivity index is 1.50. The van der Waals surface area contributed by atoms with Crippen molar-refractivity contribution in [3.63, 3.8) is 0 Å². The zero-order valence-corrected chi connectivity index (χ0v) is 15.6. The quantitative estimate of drug-likeness (QED) is 0.542. The molecule has 0 spiro atoms. The third kappa shape index (κ3) is 2.97. The summed E-state index contributed by atoms with van der Waals surface area (Å²) < 4.78 is 2.07. The number of para-hydroxylation sites is 3. The molecule has 28 heavy (non-hydrogen) atoms. The first-order valence-electron chi connectivity index (χ1n) is 9.66. The van der Waals surface area contributed by atoms with Crippen LogP contribution in [0.4, 0.5) is 5.69 Å². The van der Waals surface area contributed by atoms with E-state index in [9.17, 15) is 4.79 Å². The lowest BCUT2D eigenvalue weighted by atomic mass is 10.1. The molecule has 0 aliphatic carbocycles. The van der Waals surface area contributed by atoms with Gasteiger partial charge in [-0.25, -0.2) is 4.98 Å². The van der Waals surface area contributed by atoms with E-state index < -0.39 is 0 Å². The Labute approximate surface area is 164 Å². The predicted octanol–water partition coefficient (Wildman–Crippen LogP) is 4.22. The van der Waals surface area contributed by atoms with Crippen molar-refractivity contribution in [1.82, 2.24) is 9.55 Å². The van der Waals surface area contributed by atoms with Gasteiger partial charge in [0.15, 0.2) is 0 Å². The van der Waals surface area contributed by atoms with Gasteiger partial charge < -0.3 is 9.47 Å². The summed E-state index contributed by atoms with van der Waals surface area (Å²) in [6, 6.07) is 26.5. The molecule has 1 amide bonds. The van der Waals surface area contributed by atoms with E-state index in [4.69, 9.17) is 4.98 Å². The van der Waals surface area contributed by atoms with E-state index >= 15 is 0 Å². The number of carbonyl (C=O) groups excluding carboxylic acids is 1. The lowest BCUT2D eigenvalue weighted by molar-refractivity contribution is -0.119. The van der Waals surface area contributed by atoms with Crippen LogP contribution in [-0.2, 0) is 24.2 Å². The number of hydrogen-bond donors (Lipinski definition) is 0. The van der Waals surface area contributed by atoms with Crippen molar-refractivity contribution in [2.24, 2.45) is 0 Å². The van der Waals surface area contributed by atoms with Gasteiger partial charge in [0.1, 0.15) is 12.4 Å². The summed E-state index contributed by atoms with van der Waals surface area (Å²) in [7, 11) is 0. The molecular weight excluding hydrogens is 346 g/mol. The van der Waals surface area contributed by atoms with Gasteiger partial charge in [0.25, 0.3) is 0 Å². The molecule has 138 valence electrons. The minimum Gasteiger partial charge on any atom is -0.318 e. The molecule has 1 aliphatic rings. The highest BCUT2D eigenvalue weighted by atomic mass is 16.2. The van der Waals surface area contributed by atoms with Crippen molar-refractivity contribution in [2.75, 3.05) is 11.4 Å². The maximum absolute atomic E-state index is 13.2. The largest absolute Gasteiger partial charge is 0.318 e. The maximum Gasteiger partial charge on any atom is 0.247 e. The molecule has 0 saturated carbocycles. The number of imidazole rings is 1. The third-order valence-corrected chi connectivity index (χ3v) is 5.42. The first kappa shape index (κ1) is 16.8. The van der Waals surface area contributed by atoms with Gasteiger partial charge in [-0.05, 0) is 35.7 Å². The van der Waals surface area contributed by atoms with Gasteiger partial charge in [-0.15, -0.1) is 0 Å². The molecule has 4 heteroatoms. The van der Waals surface area contributed by atoms with Crippen LogP contribution in [-0.4, -0.2) is 22.0 Å². The van der Waals surface area contributed by atoms with E-state index in [-0.39, 0.29) is 5.91 Å². The number of nitrogens with zero attached hydrogens (tertiary/aromatic N) is 3. The predicted molar refractivity (Wildman–Crippen MR) is 111 cm³/mol. The number of anilines is 1. The fourth-order valence-corrected chi connectivity index (χ4v) is 4.03. The Morgan fingerprint density at radius 2 is 1.64 bits per heavy atom. The van der Waals surface area contributed by atoms with Crippen LogP contribution in [0.1, 0.15) is 17.0 Å². The number of benzene rings is 3. The van der Waals surface area contributed by atoms with Crippen molar-refractivity contribution in [3.8, 4) is 0 Å². The summed E-state index contributed by atoms with van der Waals surface area (Å²) >= 11 is 0. The second-order valence-electron chi connectivity index (χ2n) is 7.19. The summed E-state index contributed by atoms with van der Waals surface area (Å²) in [5, 5.41) is 0. The molecule has 0 bridgehead atoms. The van der Waals surface area contributed by atoms with E-state index in [1.54, 1.807) is 0 Å². The van der Waals surface area contributed by atoms with Crippen LogP contribution in [0.25, 0.3) is 11.0 Å². The summed E-state index contributed by atoms with van der Waals surface area (Å²) in [4.78, 5) is 19.9. The normalized spacial score (nSPS) is 13.1. The summed E-state index contributed by atoms with van der Waals surface area (Å²) in [6.45, 7) is 1.05. The Kier molecular flexibility index (Phi) is 4.17. The Morgan fingerprint density at radius 1 is 0.893 bits per heavy atom. The first-order valence-corrected chi connectivity index (χ1v) is 9.66. The highest BCUT2D eigenvalue weighted by molar-refractivity contribution is 5.96. The highest BCUT2D eigenvalue weighted by Crippen LogP contribution is 2.28. The third-order valence-electron chi connectivity index (χ3n) is 5.42. The summed E-state index contributed by atoms with van der Waals surface area (Å²) in [5.41, 5.74) is 5.42. The van der Waals surface area contributed by atoms with Gasteiger partial charge in [0.2, 0.25) is 5.91 Å². The molecule has 1 aliphatic heterocycles. The molecule has 4 aromatic rings. The molecule has 0 unspecified atom stereocenters. The molecule has 0 saturated heterocycles. The van der Waals surface area contributed by atoms with E-state index in [1.165, 1.54) is 11.1 Å². The Hall–Kier alpha value is -3.40. The number of fused-ring (bicyclic) bond motifs is 2. The zero-order chi connectivity index (χ0) is 18.9. The van der Waals surface area contributed by atoms with Crippen LogP contribution in [0, 0.1) is 0 Å². The lowest BCUT2D eigenvalue weighted by Crippen LogP contribution is -2.32. The monoisotopic (exact) mass is 367 g/mol. The number of aromatic nitrogens is 2. The minimum atomic E-state index is 0.113. The molecule has 0 fully saturated rings. The van der Waals surface area contributed by atoms with Crippen LogP contribution in [0.3, 0.4) is 0 Å². The van der Waals surface area contributed by atoms with E-state index in [0.717, 1.165) is 35.5 Å². The molecule has 3 aromatic carbocycles. The van der Waals surface area contributed by atoms with Crippen molar-refractivity contribution in [3.05, 3.63) is 95.8 Å². The average molecular weight is 367 g/mol. The van der Waals surface area contributed by atoms with Crippen LogP contribution >= 0.6 is 0 Å². The zero-order valence-electron chi connectivity index (χ0n) is 15.6. The van der Waals surface area contributed by atoms with E-state index in [0.29, 0.717) is 13.0 Å². The van der Waals surface area contributed by atoms with Crippen molar-refractivity contribution < 1.29 is 4.79 Å². The molecule has 5 rings (SSSR count).